The number of nitrogens with zero attached hydrogens (tertiary/aromatic N) is 1. The third-order valence-electron chi connectivity index (χ3n) is 4.01. The number of nitrogens with one attached hydrogen (secondary N) is 1. The normalized spacial score (nSPS) is 10.9. The van der Waals surface area contributed by atoms with Crippen LogP contribution in [0.3, 0.4) is 0 Å². The number of benzene rings is 3. The molecule has 25 heavy (non-hydrogen) atoms. The third-order valence-corrected chi connectivity index (χ3v) is 4.01. The van der Waals surface area contributed by atoms with E-state index >= 15 is 0 Å². The van der Waals surface area contributed by atoms with Gasteiger partial charge in [0.1, 0.15) is 5.52 Å². The van der Waals surface area contributed by atoms with Crippen molar-refractivity contribution in [2.75, 3.05) is 12.4 Å². The molecule has 0 aliphatic carbocycles. The van der Waals surface area contributed by atoms with Gasteiger partial charge in [0.25, 0.3) is 6.01 Å². The summed E-state index contributed by atoms with van der Waals surface area (Å²) >= 11 is 0. The molecule has 1 aromatic heterocycles. The summed E-state index contributed by atoms with van der Waals surface area (Å²) in [6.07, 6.45) is 0. The van der Waals surface area contributed by atoms with Crippen LogP contribution in [0.1, 0.15) is 5.56 Å². The van der Waals surface area contributed by atoms with E-state index in [0.29, 0.717) is 12.6 Å². The van der Waals surface area contributed by atoms with Crippen molar-refractivity contribution in [3.63, 3.8) is 0 Å². The smallest absolute Gasteiger partial charge is 0.300 e. The molecule has 4 rings (SSSR count). The van der Waals surface area contributed by atoms with Gasteiger partial charge in [0.15, 0.2) is 5.58 Å². The highest BCUT2D eigenvalue weighted by Crippen LogP contribution is 2.27. The predicted octanol–water partition coefficient (Wildman–Crippen LogP) is 5.38. The highest BCUT2D eigenvalue weighted by Gasteiger charge is 2.08. The zero-order chi connectivity index (χ0) is 17.1. The van der Waals surface area contributed by atoms with Crippen LogP contribution in [-0.2, 0) is 11.3 Å². The second kappa shape index (κ2) is 6.79. The quantitative estimate of drug-likeness (QED) is 0.533. The summed E-state index contributed by atoms with van der Waals surface area (Å²) in [6.45, 7) is 0.622. The molecule has 0 aliphatic rings. The lowest BCUT2D eigenvalue weighted by Gasteiger charge is -2.03. The minimum absolute atomic E-state index is 0.494. The number of hydrogen-bond acceptors (Lipinski definition) is 4. The summed E-state index contributed by atoms with van der Waals surface area (Å²) in [7, 11) is 1.70. The van der Waals surface area contributed by atoms with Crippen LogP contribution < -0.4 is 5.32 Å². The maximum absolute atomic E-state index is 5.78. The zero-order valence-electron chi connectivity index (χ0n) is 13.9. The Kier molecular flexibility index (Phi) is 4.19. The van der Waals surface area contributed by atoms with Crippen molar-refractivity contribution >= 4 is 22.8 Å². The van der Waals surface area contributed by atoms with Crippen molar-refractivity contribution in [2.45, 2.75) is 6.61 Å². The number of ether oxygens (including phenoxy) is 1. The Morgan fingerprint density at radius 1 is 0.920 bits per heavy atom. The second-order valence-corrected chi connectivity index (χ2v) is 5.82. The first-order valence-corrected chi connectivity index (χ1v) is 8.13. The third kappa shape index (κ3) is 3.39. The molecule has 0 amide bonds. The van der Waals surface area contributed by atoms with Crippen LogP contribution in [0.5, 0.6) is 0 Å². The molecule has 0 fully saturated rings. The van der Waals surface area contributed by atoms with Crippen LogP contribution in [-0.4, -0.2) is 12.1 Å². The van der Waals surface area contributed by atoms with Crippen LogP contribution in [0, 0.1) is 0 Å². The van der Waals surface area contributed by atoms with Crippen molar-refractivity contribution in [3.05, 3.63) is 78.4 Å². The second-order valence-electron chi connectivity index (χ2n) is 5.82. The Morgan fingerprint density at radius 3 is 2.44 bits per heavy atom. The highest BCUT2D eigenvalue weighted by atomic mass is 16.5. The first kappa shape index (κ1) is 15.4. The van der Waals surface area contributed by atoms with E-state index in [1.54, 1.807) is 7.11 Å². The number of aromatic nitrogens is 1. The van der Waals surface area contributed by atoms with Gasteiger partial charge in [0, 0.05) is 12.8 Å². The standard InChI is InChI=1S/C21H18N2O2/c1-24-14-15-7-9-16(10-8-15)17-11-12-20-19(13-17)23-21(25-20)22-18-5-3-2-4-6-18/h2-13H,14H2,1H3,(H,22,23). The molecule has 0 atom stereocenters. The lowest BCUT2D eigenvalue weighted by molar-refractivity contribution is 0.185. The fourth-order valence-corrected chi connectivity index (χ4v) is 2.77. The van der Waals surface area contributed by atoms with E-state index in [4.69, 9.17) is 9.15 Å². The van der Waals surface area contributed by atoms with Crippen molar-refractivity contribution < 1.29 is 9.15 Å². The highest BCUT2D eigenvalue weighted by molar-refractivity contribution is 5.82. The molecule has 0 unspecified atom stereocenters. The number of oxazole rings is 1. The molecule has 4 nitrogen and oxygen atoms in total. The van der Waals surface area contributed by atoms with Gasteiger partial charge in [-0.05, 0) is 41.0 Å². The van der Waals surface area contributed by atoms with Gasteiger partial charge in [-0.3, -0.25) is 0 Å². The topological polar surface area (TPSA) is 47.3 Å². The van der Waals surface area contributed by atoms with E-state index in [1.165, 1.54) is 0 Å². The largest absolute Gasteiger partial charge is 0.423 e. The van der Waals surface area contributed by atoms with Crippen LogP contribution >= 0.6 is 0 Å². The average Bonchev–Trinajstić information content (AvgIpc) is 3.05. The Morgan fingerprint density at radius 2 is 1.68 bits per heavy atom. The summed E-state index contributed by atoms with van der Waals surface area (Å²) < 4.78 is 10.9. The molecule has 0 saturated carbocycles. The van der Waals surface area contributed by atoms with E-state index < -0.39 is 0 Å². The minimum Gasteiger partial charge on any atom is -0.423 e. The number of para-hydroxylation sites is 1. The number of rotatable bonds is 5. The van der Waals surface area contributed by atoms with E-state index in [-0.39, 0.29) is 0 Å². The van der Waals surface area contributed by atoms with Gasteiger partial charge >= 0.3 is 0 Å². The van der Waals surface area contributed by atoms with Crippen molar-refractivity contribution in [1.82, 2.24) is 4.98 Å². The molecular weight excluding hydrogens is 312 g/mol. The van der Waals surface area contributed by atoms with Crippen LogP contribution in [0.4, 0.5) is 11.7 Å². The fourth-order valence-electron chi connectivity index (χ4n) is 2.77. The van der Waals surface area contributed by atoms with Gasteiger partial charge < -0.3 is 14.5 Å². The van der Waals surface area contributed by atoms with E-state index in [0.717, 1.165) is 33.5 Å². The summed E-state index contributed by atoms with van der Waals surface area (Å²) in [5, 5.41) is 3.18. The average molecular weight is 330 g/mol. The van der Waals surface area contributed by atoms with Gasteiger partial charge in [0.2, 0.25) is 0 Å². The van der Waals surface area contributed by atoms with Crippen molar-refractivity contribution in [3.8, 4) is 11.1 Å². The molecule has 4 aromatic rings. The molecule has 0 bridgehead atoms. The number of anilines is 2. The maximum Gasteiger partial charge on any atom is 0.300 e. The fraction of sp³-hybridized carbons (Fsp3) is 0.0952. The summed E-state index contributed by atoms with van der Waals surface area (Å²) in [4.78, 5) is 4.54. The first-order chi connectivity index (χ1) is 12.3. The molecule has 3 aromatic carbocycles. The monoisotopic (exact) mass is 330 g/mol. The minimum atomic E-state index is 0.494. The molecule has 0 saturated heterocycles. The van der Waals surface area contributed by atoms with E-state index in [2.05, 4.69) is 34.6 Å². The summed E-state index contributed by atoms with van der Waals surface area (Å²) in [6, 6.07) is 24.7. The Hall–Kier alpha value is -3.11. The SMILES string of the molecule is COCc1ccc(-c2ccc3oc(Nc4ccccc4)nc3c2)cc1. The Labute approximate surface area is 146 Å². The molecular formula is C21H18N2O2. The van der Waals surface area contributed by atoms with E-state index in [9.17, 15) is 0 Å². The van der Waals surface area contributed by atoms with Gasteiger partial charge in [-0.1, -0.05) is 48.5 Å². The predicted molar refractivity (Wildman–Crippen MR) is 99.9 cm³/mol. The molecule has 0 radical (unpaired) electrons. The number of fused-ring (bicyclic) bond motifs is 1. The molecule has 0 spiro atoms. The van der Waals surface area contributed by atoms with Crippen LogP contribution in [0.2, 0.25) is 0 Å². The van der Waals surface area contributed by atoms with E-state index in [1.807, 2.05) is 48.5 Å². The van der Waals surface area contributed by atoms with Crippen molar-refractivity contribution in [2.24, 2.45) is 0 Å². The Bertz CT molecular complexity index is 976. The summed E-state index contributed by atoms with van der Waals surface area (Å²) in [5.74, 6) is 0. The molecule has 1 N–H and O–H groups in total. The van der Waals surface area contributed by atoms with Gasteiger partial charge in [-0.15, -0.1) is 0 Å². The van der Waals surface area contributed by atoms with Crippen LogP contribution in [0.25, 0.3) is 22.2 Å². The lowest BCUT2D eigenvalue weighted by Crippen LogP contribution is -1.88. The Balaban J connectivity index is 1.61. The van der Waals surface area contributed by atoms with Crippen molar-refractivity contribution in [1.29, 1.82) is 0 Å². The molecule has 1 heterocycles. The number of methoxy groups -OCH3 is 1. The molecule has 124 valence electrons. The zero-order valence-corrected chi connectivity index (χ0v) is 13.9. The van der Waals surface area contributed by atoms with Gasteiger partial charge in [-0.25, -0.2) is 0 Å². The van der Waals surface area contributed by atoms with Gasteiger partial charge in [-0.2, -0.15) is 4.98 Å². The van der Waals surface area contributed by atoms with Gasteiger partial charge in [0.05, 0.1) is 6.61 Å². The number of hydrogen-bond donors (Lipinski definition) is 1. The summed E-state index contributed by atoms with van der Waals surface area (Å²) in [5.41, 5.74) is 5.94. The maximum atomic E-state index is 5.78. The first-order valence-electron chi connectivity index (χ1n) is 8.13. The lowest BCUT2D eigenvalue weighted by atomic mass is 10.0. The molecule has 0 aliphatic heterocycles. The molecule has 4 heteroatoms. The van der Waals surface area contributed by atoms with Crippen LogP contribution in [0.15, 0.2) is 77.2 Å².